The molecule has 21 rings (SSSR count). The van der Waals surface area contributed by atoms with Crippen molar-refractivity contribution < 1.29 is 147 Å². The van der Waals surface area contributed by atoms with Gasteiger partial charge in [0.15, 0.2) is 137 Å². The van der Waals surface area contributed by atoms with E-state index in [1.807, 2.05) is 0 Å². The molecule has 11 aliphatic heterocycles. The second-order valence-corrected chi connectivity index (χ2v) is 41.3. The lowest BCUT2D eigenvalue weighted by molar-refractivity contribution is -0.0568. The second-order valence-electron chi connectivity index (χ2n) is 30.1. The fraction of sp³-hybridized carbons (Fsp3) is 0.492. The van der Waals surface area contributed by atoms with Crippen LogP contribution in [0.15, 0.2) is 91.1 Å². The molecule has 51 nitrogen and oxygen atoms in total. The van der Waals surface area contributed by atoms with Crippen LogP contribution in [0.3, 0.4) is 0 Å². The number of alkyl halides is 6. The summed E-state index contributed by atoms with van der Waals surface area (Å²) >= 11 is 14.4. The number of nitrogens with zero attached hydrogens (tertiary/aromatic N) is 19. The Balaban J connectivity index is 0.000000129. The van der Waals surface area contributed by atoms with Gasteiger partial charge in [-0.25, -0.2) is 95.7 Å². The first-order valence-electron chi connectivity index (χ1n) is 38.7. The number of hydrogen-bond donors (Lipinski definition) is 9. The monoisotopic (exact) mass is 2050 g/mol. The zero-order valence-corrected chi connectivity index (χ0v) is 73.8. The average molecular weight is 2050 g/mol. The van der Waals surface area contributed by atoms with Crippen LogP contribution < -0.4 is 34.4 Å². The Hall–Kier alpha value is -8.15. The van der Waals surface area contributed by atoms with Gasteiger partial charge in [0.1, 0.15) is 136 Å². The standard InChI is InChI=1S/2C22H26BF2N8O9P2S.C21H25BF2N9O8P2S/c2*23-43(35)37-4-10-18(14(25)22(39-10)33-7-30-16-9(34)3-12(27)31-20(16)33)42-44(36,45)38-5-11-17(41-43)13(24)21(40-11)32-6-29-15-8(26)1-2-28-19(15)32;22-42(34)36-3-9-16(12(24)21(38-9)33-7-31-14-17(26)28-5-29-19(14)33)41-43(35,44)37-4-10-15(40-42)11(23)20(39-10)32-6-30-13-8(25)1-2-27-18(13)32/h2*1-2,6-7,10-11,13-14,17-18,21-22H,3-5H2,23H3,(H2,26,28)(H2,27,31)(H,36,45);1-2,5-7,9-12,15-16,20-21H,3-4H2,22H3,(H2,25,27)(H,35,44)(H2,26,28,29)/q3*-1/t10-,11?,13-,14-,17-,18-,21-,22-,43+,44?;10-,11?,13-,14-,17-,18-,21-,22-,43-,44?;9-,10?,11-,12-,15-,16-,20-,21-,42-,43?/m111/s1. The molecule has 30 atom stereocenters. The van der Waals surface area contributed by atoms with Crippen LogP contribution in [-0.4, -0.2) is 288 Å². The maximum atomic E-state index is 16.1. The number of rotatable bonds is 6. The highest BCUT2D eigenvalue weighted by Gasteiger charge is 2.59. The van der Waals surface area contributed by atoms with E-state index in [4.69, 9.17) is 141 Å². The number of ether oxygens (including phenoxy) is 6. The minimum Gasteiger partial charge on any atom is -0.397 e. The van der Waals surface area contributed by atoms with Gasteiger partial charge in [-0.3, -0.25) is 55.1 Å². The number of Topliss-reactive ketones (excluding diaryl/α,β-unsaturated/α-hetero) is 2. The molecule has 10 aromatic rings. The molecule has 0 aliphatic carbocycles. The Labute approximate surface area is 765 Å². The minimum absolute atomic E-state index is 0.00813. The molecule has 0 saturated carbocycles. The number of ketones is 2. The number of aromatic nitrogens is 17. The number of amidine groups is 2. The third kappa shape index (κ3) is 18.3. The van der Waals surface area contributed by atoms with E-state index in [0.29, 0.717) is 33.6 Å². The van der Waals surface area contributed by atoms with Crippen LogP contribution in [0.25, 0.3) is 44.7 Å². The summed E-state index contributed by atoms with van der Waals surface area (Å²) in [4.78, 5) is 100. The van der Waals surface area contributed by atoms with Crippen molar-refractivity contribution in [3.05, 3.63) is 92.5 Å². The highest BCUT2D eigenvalue weighted by atomic mass is 32.7. The number of carbonyl (C=O) groups is 2. The quantitative estimate of drug-likeness (QED) is 0.0498. The van der Waals surface area contributed by atoms with E-state index < -0.39 is 264 Å². The number of fused-ring (bicyclic) bond motifs is 12. The third-order valence-electron chi connectivity index (χ3n) is 22.0. The van der Waals surface area contributed by atoms with Gasteiger partial charge in [-0.1, -0.05) is 12.2 Å². The van der Waals surface area contributed by atoms with Gasteiger partial charge >= 0.3 is 20.2 Å². The van der Waals surface area contributed by atoms with Crippen LogP contribution in [0.5, 0.6) is 0 Å². The Bertz CT molecular complexity index is 6310. The molecular weight excluding hydrogens is 1980 g/mol. The number of hydrogen-bond acceptors (Lipinski definition) is 45. The van der Waals surface area contributed by atoms with E-state index in [-0.39, 0.29) is 81.5 Å². The summed E-state index contributed by atoms with van der Waals surface area (Å²) < 4.78 is 261. The van der Waals surface area contributed by atoms with E-state index in [1.165, 1.54) is 80.6 Å². The van der Waals surface area contributed by atoms with Crippen LogP contribution in [0.4, 0.5) is 60.9 Å². The van der Waals surface area contributed by atoms with E-state index in [0.717, 1.165) is 21.8 Å². The summed E-state index contributed by atoms with van der Waals surface area (Å²) in [5.74, 6) is -0.764. The van der Waals surface area contributed by atoms with Gasteiger partial charge < -0.3 is 122 Å². The van der Waals surface area contributed by atoms with Crippen molar-refractivity contribution in [1.82, 2.24) is 82.2 Å². The molecule has 0 aromatic carbocycles. The largest absolute Gasteiger partial charge is 0.397 e. The van der Waals surface area contributed by atoms with Gasteiger partial charge in [-0.2, -0.15) is 0 Å². The van der Waals surface area contributed by atoms with Gasteiger partial charge in [0.05, 0.1) is 130 Å². The smallest absolute Gasteiger partial charge is 0.386 e. The summed E-state index contributed by atoms with van der Waals surface area (Å²) in [6.07, 6.45) is -24.3. The maximum Gasteiger partial charge on any atom is 0.386 e. The number of nitrogen functional groups attached to an aromatic ring is 4. The van der Waals surface area contributed by atoms with E-state index >= 15 is 26.3 Å². The SMILES string of the molecule is [BH3-][P@@]1(=O)OC[C@H]2O[C@@H](n3cnc4c(N)ncnc43)[C@H](F)[C@@H]2OP(=O)(S)OCC2O[C@@H](n3cnc4c(N)ccnc43)[C@H](F)[C@@H]2O1.[BH3-][P@@]1(=O)OC[C@H]2O[C@@H](n3cnc4c3N=C(N)CC4=O)[C@H](F)[C@@H]2OP(O)(=S)OCC2O[C@@H](n3cnc4c(N)ccnc43)[C@H](F)[C@@H]2O1.[BH3-][P@]1(=O)OC[C@H]2O[C@@H](n3cnc4c3N=C(N)CC4=O)[C@H](F)[C@@H]2OP(O)(=S)OCC2O[C@@H](n3cnc4c(N)ccnc43)[C@H](F)[C@@H]2O1. The van der Waals surface area contributed by atoms with Crippen molar-refractivity contribution in [2.75, 3.05) is 62.6 Å². The lowest BCUT2D eigenvalue weighted by atomic mass is 10.1. The van der Waals surface area contributed by atoms with Crippen LogP contribution >= 0.6 is 54.9 Å². The van der Waals surface area contributed by atoms with Crippen molar-refractivity contribution in [3.8, 4) is 0 Å². The highest BCUT2D eigenvalue weighted by Crippen LogP contribution is 2.62. The summed E-state index contributed by atoms with van der Waals surface area (Å²) in [6.45, 7) is -16.1. The molecule has 9 saturated heterocycles. The second kappa shape index (κ2) is 36.3. The zero-order valence-electron chi connectivity index (χ0n) is 65.9. The number of halogens is 6. The molecule has 720 valence electrons. The van der Waals surface area contributed by atoms with Crippen molar-refractivity contribution in [2.45, 2.75) is 160 Å². The fourth-order valence-corrected chi connectivity index (χ4v) is 22.6. The third-order valence-corrected chi connectivity index (χ3v) is 29.0. The first kappa shape index (κ1) is 94.8. The molecule has 21 heterocycles. The molecule has 0 spiro atoms. The molecule has 0 amide bonds. The van der Waals surface area contributed by atoms with E-state index in [1.54, 1.807) is 6.07 Å². The number of aliphatic imine (C=N–C) groups is 2. The van der Waals surface area contributed by atoms with Crippen LogP contribution in [-0.2, 0) is 125 Å². The Morgan fingerprint density at radius 1 is 0.373 bits per heavy atom. The predicted octanol–water partition coefficient (Wildman–Crippen LogP) is 2.16. The maximum absolute atomic E-state index is 16.1. The number of pyridine rings is 3. The number of thiol groups is 1. The molecule has 0 radical (unpaired) electrons. The summed E-state index contributed by atoms with van der Waals surface area (Å²) in [5.41, 5.74) is 38.3. The van der Waals surface area contributed by atoms with Crippen LogP contribution in [0.2, 0.25) is 0 Å². The first-order valence-corrected chi connectivity index (χ1v) is 49.8. The van der Waals surface area contributed by atoms with E-state index in [2.05, 4.69) is 77.1 Å². The molecule has 134 heavy (non-hydrogen) atoms. The minimum atomic E-state index is -4.34. The van der Waals surface area contributed by atoms with Crippen molar-refractivity contribution in [1.29, 1.82) is 0 Å². The molecule has 69 heteroatoms. The summed E-state index contributed by atoms with van der Waals surface area (Å²) in [6, 6.07) is 4.62. The zero-order chi connectivity index (χ0) is 94.6. The van der Waals surface area contributed by atoms with Crippen LogP contribution in [0, 0.1) is 0 Å². The molecular formula is C65H77B3F6N25O26P6S3-3. The number of anilines is 4. The molecule has 6 unspecified atom stereocenters. The van der Waals surface area contributed by atoms with Gasteiger partial charge in [0, 0.05) is 18.6 Å². The topological polar surface area (TPSA) is 661 Å². The van der Waals surface area contributed by atoms with Gasteiger partial charge in [0.25, 0.3) is 0 Å². The molecule has 0 bridgehead atoms. The van der Waals surface area contributed by atoms with E-state index in [9.17, 15) is 37.6 Å². The molecule has 11 aliphatic rings. The van der Waals surface area contributed by atoms with Gasteiger partial charge in [-0.15, -0.1) is 0 Å². The Morgan fingerprint density at radius 3 is 0.985 bits per heavy atom. The highest BCUT2D eigenvalue weighted by molar-refractivity contribution is 8.44. The summed E-state index contributed by atoms with van der Waals surface area (Å²) in [5, 5.41) is 0. The molecule has 14 N–H and O–H groups in total. The number of carbonyl (C=O) groups excluding carboxylic acids is 2. The van der Waals surface area contributed by atoms with Crippen LogP contribution in [0.1, 0.15) is 71.2 Å². The predicted molar refractivity (Wildman–Crippen MR) is 470 cm³/mol. The lowest BCUT2D eigenvalue weighted by Gasteiger charge is -2.31. The number of imidazole rings is 6. The van der Waals surface area contributed by atoms with Crippen molar-refractivity contribution in [2.24, 2.45) is 21.5 Å². The average Bonchev–Trinajstić information content (AvgIpc) is 1.61. The van der Waals surface area contributed by atoms with Gasteiger partial charge in [0.2, 0.25) is 0 Å². The normalized spacial score (nSPS) is 38.8. The molecule has 9 fully saturated rings. The van der Waals surface area contributed by atoms with Crippen molar-refractivity contribution >= 4 is 204 Å². The summed E-state index contributed by atoms with van der Waals surface area (Å²) in [7, 11) is -15.3. The Morgan fingerprint density at radius 2 is 0.649 bits per heavy atom. The lowest BCUT2D eigenvalue weighted by Crippen LogP contribution is -2.37. The Kier molecular flexibility index (Phi) is 25.6. The van der Waals surface area contributed by atoms with Crippen molar-refractivity contribution in [3.63, 3.8) is 0 Å². The first-order chi connectivity index (χ1) is 63.6. The number of nitrogens with two attached hydrogens (primary N) is 6. The molecule has 10 aromatic heterocycles. The fourth-order valence-electron chi connectivity index (χ4n) is 15.9. The van der Waals surface area contributed by atoms with Gasteiger partial charge in [-0.05, 0) is 41.8 Å².